The first-order chi connectivity index (χ1) is 7.27. The molecule has 1 aromatic heterocycles. The Morgan fingerprint density at radius 2 is 1.73 bits per heavy atom. The predicted octanol–water partition coefficient (Wildman–Crippen LogP) is 3.42. The van der Waals surface area contributed by atoms with Crippen LogP contribution in [0.25, 0.3) is 0 Å². The normalized spacial score (nSPS) is 10.5. The third-order valence-corrected chi connectivity index (χ3v) is 3.03. The van der Waals surface area contributed by atoms with E-state index < -0.39 is 0 Å². The summed E-state index contributed by atoms with van der Waals surface area (Å²) in [4.78, 5) is 3.27. The zero-order chi connectivity index (χ0) is 10.7. The van der Waals surface area contributed by atoms with Gasteiger partial charge in [-0.25, -0.2) is 0 Å². The first-order valence-electron chi connectivity index (χ1n) is 5.45. The van der Waals surface area contributed by atoms with Crippen molar-refractivity contribution >= 4 is 0 Å². The Labute approximate surface area is 91.2 Å². The molecule has 0 aliphatic carbocycles. The standard InChI is InChI=1S/C14H17N/c1-11-12(2)15-10-14(11)9-8-13-6-4-3-5-7-13/h3-7,10,15H,8-9H2,1-2H3. The summed E-state index contributed by atoms with van der Waals surface area (Å²) >= 11 is 0. The van der Waals surface area contributed by atoms with Crippen LogP contribution in [0, 0.1) is 13.8 Å². The van der Waals surface area contributed by atoms with Gasteiger partial charge in [-0.1, -0.05) is 30.3 Å². The van der Waals surface area contributed by atoms with E-state index in [0.717, 1.165) is 12.8 Å². The molecular formula is C14H17N. The SMILES string of the molecule is Cc1[nH]cc(CCc2ccccc2)c1C. The maximum absolute atomic E-state index is 3.27. The number of rotatable bonds is 3. The largest absolute Gasteiger partial charge is 0.365 e. The zero-order valence-electron chi connectivity index (χ0n) is 9.38. The van der Waals surface area contributed by atoms with E-state index in [4.69, 9.17) is 0 Å². The van der Waals surface area contributed by atoms with Crippen LogP contribution >= 0.6 is 0 Å². The van der Waals surface area contributed by atoms with Gasteiger partial charge in [-0.3, -0.25) is 0 Å². The highest BCUT2D eigenvalue weighted by atomic mass is 14.7. The first-order valence-corrected chi connectivity index (χ1v) is 5.45. The lowest BCUT2D eigenvalue weighted by atomic mass is 10.0. The molecule has 0 amide bonds. The molecule has 0 radical (unpaired) electrons. The Bertz CT molecular complexity index is 426. The fourth-order valence-corrected chi connectivity index (χ4v) is 1.84. The number of hydrogen-bond acceptors (Lipinski definition) is 0. The minimum atomic E-state index is 1.12. The van der Waals surface area contributed by atoms with Crippen molar-refractivity contribution in [2.24, 2.45) is 0 Å². The van der Waals surface area contributed by atoms with Crippen LogP contribution in [0.3, 0.4) is 0 Å². The fourth-order valence-electron chi connectivity index (χ4n) is 1.84. The van der Waals surface area contributed by atoms with E-state index in [1.165, 1.54) is 22.4 Å². The lowest BCUT2D eigenvalue weighted by Gasteiger charge is -2.01. The molecule has 78 valence electrons. The van der Waals surface area contributed by atoms with Gasteiger partial charge in [0.1, 0.15) is 0 Å². The van der Waals surface area contributed by atoms with Crippen LogP contribution in [0.4, 0.5) is 0 Å². The number of benzene rings is 1. The van der Waals surface area contributed by atoms with Crippen molar-refractivity contribution in [3.05, 3.63) is 58.9 Å². The molecule has 0 aliphatic rings. The van der Waals surface area contributed by atoms with Gasteiger partial charge in [0.2, 0.25) is 0 Å². The van der Waals surface area contributed by atoms with Crippen LogP contribution in [-0.2, 0) is 12.8 Å². The molecule has 1 aromatic carbocycles. The van der Waals surface area contributed by atoms with Crippen molar-refractivity contribution in [1.82, 2.24) is 4.98 Å². The van der Waals surface area contributed by atoms with Crippen LogP contribution in [0.15, 0.2) is 36.5 Å². The fraction of sp³-hybridized carbons (Fsp3) is 0.286. The van der Waals surface area contributed by atoms with Crippen molar-refractivity contribution in [2.45, 2.75) is 26.7 Å². The van der Waals surface area contributed by atoms with E-state index in [2.05, 4.69) is 55.4 Å². The Balaban J connectivity index is 2.02. The number of aryl methyl sites for hydroxylation is 3. The maximum atomic E-state index is 3.27. The molecule has 15 heavy (non-hydrogen) atoms. The molecule has 1 nitrogen and oxygen atoms in total. The summed E-state index contributed by atoms with van der Waals surface area (Å²) in [6.07, 6.45) is 4.38. The van der Waals surface area contributed by atoms with Crippen molar-refractivity contribution in [3.8, 4) is 0 Å². The quantitative estimate of drug-likeness (QED) is 0.779. The molecule has 2 aromatic rings. The minimum Gasteiger partial charge on any atom is -0.365 e. The lowest BCUT2D eigenvalue weighted by Crippen LogP contribution is -1.91. The van der Waals surface area contributed by atoms with Crippen LogP contribution < -0.4 is 0 Å². The third kappa shape index (κ3) is 2.30. The topological polar surface area (TPSA) is 15.8 Å². The van der Waals surface area contributed by atoms with Gasteiger partial charge >= 0.3 is 0 Å². The summed E-state index contributed by atoms with van der Waals surface area (Å²) in [5.41, 5.74) is 5.55. The average Bonchev–Trinajstić information content (AvgIpc) is 2.59. The van der Waals surface area contributed by atoms with Gasteiger partial charge in [0, 0.05) is 11.9 Å². The molecule has 0 atom stereocenters. The molecule has 1 heterocycles. The van der Waals surface area contributed by atoms with Gasteiger partial charge in [-0.15, -0.1) is 0 Å². The van der Waals surface area contributed by atoms with Crippen LogP contribution in [0.1, 0.15) is 22.4 Å². The Morgan fingerprint density at radius 1 is 1.00 bits per heavy atom. The van der Waals surface area contributed by atoms with E-state index in [1.807, 2.05) is 0 Å². The predicted molar refractivity (Wildman–Crippen MR) is 64.1 cm³/mol. The number of aromatic amines is 1. The highest BCUT2D eigenvalue weighted by Crippen LogP contribution is 2.14. The van der Waals surface area contributed by atoms with Gasteiger partial charge < -0.3 is 4.98 Å². The molecular weight excluding hydrogens is 182 g/mol. The van der Waals surface area contributed by atoms with Crippen molar-refractivity contribution < 1.29 is 0 Å². The van der Waals surface area contributed by atoms with Crippen LogP contribution in [0.5, 0.6) is 0 Å². The van der Waals surface area contributed by atoms with Gasteiger partial charge in [0.05, 0.1) is 0 Å². The van der Waals surface area contributed by atoms with Crippen molar-refractivity contribution in [3.63, 3.8) is 0 Å². The molecule has 1 N–H and O–H groups in total. The number of hydrogen-bond donors (Lipinski definition) is 1. The highest BCUT2D eigenvalue weighted by Gasteiger charge is 2.02. The highest BCUT2D eigenvalue weighted by molar-refractivity contribution is 5.29. The van der Waals surface area contributed by atoms with Crippen LogP contribution in [0.2, 0.25) is 0 Å². The Kier molecular flexibility index (Phi) is 2.91. The number of nitrogens with one attached hydrogen (secondary N) is 1. The third-order valence-electron chi connectivity index (χ3n) is 3.03. The maximum Gasteiger partial charge on any atom is 0.0148 e. The van der Waals surface area contributed by atoms with Gasteiger partial charge in [0.15, 0.2) is 0 Å². The first kappa shape index (κ1) is 10.0. The monoisotopic (exact) mass is 199 g/mol. The molecule has 0 aliphatic heterocycles. The zero-order valence-corrected chi connectivity index (χ0v) is 9.38. The van der Waals surface area contributed by atoms with Gasteiger partial charge in [-0.2, -0.15) is 0 Å². The van der Waals surface area contributed by atoms with E-state index in [9.17, 15) is 0 Å². The Morgan fingerprint density at radius 3 is 2.33 bits per heavy atom. The summed E-state index contributed by atoms with van der Waals surface area (Å²) in [7, 11) is 0. The molecule has 0 saturated carbocycles. The second kappa shape index (κ2) is 4.35. The van der Waals surface area contributed by atoms with Crippen molar-refractivity contribution in [2.75, 3.05) is 0 Å². The summed E-state index contributed by atoms with van der Waals surface area (Å²) in [5, 5.41) is 0. The summed E-state index contributed by atoms with van der Waals surface area (Å²) in [5.74, 6) is 0. The number of aromatic nitrogens is 1. The van der Waals surface area contributed by atoms with E-state index in [-0.39, 0.29) is 0 Å². The second-order valence-corrected chi connectivity index (χ2v) is 4.05. The molecule has 0 fully saturated rings. The minimum absolute atomic E-state index is 1.12. The van der Waals surface area contributed by atoms with E-state index in [0.29, 0.717) is 0 Å². The molecule has 1 heteroatoms. The summed E-state index contributed by atoms with van der Waals surface area (Å²) in [6, 6.07) is 10.6. The smallest absolute Gasteiger partial charge is 0.0148 e. The van der Waals surface area contributed by atoms with E-state index >= 15 is 0 Å². The second-order valence-electron chi connectivity index (χ2n) is 4.05. The molecule has 2 rings (SSSR count). The Hall–Kier alpha value is -1.50. The van der Waals surface area contributed by atoms with Crippen molar-refractivity contribution in [1.29, 1.82) is 0 Å². The average molecular weight is 199 g/mol. The summed E-state index contributed by atoms with van der Waals surface area (Å²) < 4.78 is 0. The van der Waals surface area contributed by atoms with Gasteiger partial charge in [-0.05, 0) is 43.4 Å². The molecule has 0 spiro atoms. The molecule has 0 bridgehead atoms. The van der Waals surface area contributed by atoms with Gasteiger partial charge in [0.25, 0.3) is 0 Å². The molecule has 0 unspecified atom stereocenters. The number of H-pyrrole nitrogens is 1. The summed E-state index contributed by atoms with van der Waals surface area (Å²) in [6.45, 7) is 4.31. The lowest BCUT2D eigenvalue weighted by molar-refractivity contribution is 0.953. The molecule has 0 saturated heterocycles. The van der Waals surface area contributed by atoms with E-state index in [1.54, 1.807) is 0 Å². The van der Waals surface area contributed by atoms with Crippen LogP contribution in [-0.4, -0.2) is 4.98 Å².